The predicted molar refractivity (Wildman–Crippen MR) is 176 cm³/mol. The number of aliphatic hydroxyl groups is 1. The second-order valence-corrected chi connectivity index (χ2v) is 13.0. The van der Waals surface area contributed by atoms with E-state index in [2.05, 4.69) is 19.7 Å². The van der Waals surface area contributed by atoms with Gasteiger partial charge in [-0.1, -0.05) is 36.4 Å². The molecule has 12 nitrogen and oxygen atoms in total. The number of hydrogen-bond donors (Lipinski definition) is 2. The molecule has 0 spiro atoms. The van der Waals surface area contributed by atoms with Crippen LogP contribution in [0.5, 0.6) is 0 Å². The lowest BCUT2D eigenvalue weighted by Gasteiger charge is -2.37. The number of imide groups is 1. The fourth-order valence-corrected chi connectivity index (χ4v) is 8.10. The zero-order chi connectivity index (χ0) is 31.8. The van der Waals surface area contributed by atoms with Gasteiger partial charge in [0.1, 0.15) is 12.2 Å². The van der Waals surface area contributed by atoms with Crippen LogP contribution in [0.15, 0.2) is 48.5 Å². The fourth-order valence-electron chi connectivity index (χ4n) is 8.10. The van der Waals surface area contributed by atoms with Crippen molar-refractivity contribution < 1.29 is 29.0 Å². The van der Waals surface area contributed by atoms with Crippen molar-refractivity contribution in [3.8, 4) is 0 Å². The number of rotatable bonds is 4. The fraction of sp³-hybridized carbons (Fsp3) is 0.400. The smallest absolute Gasteiger partial charge is 0.410 e. The lowest BCUT2D eigenvalue weighted by Crippen LogP contribution is -2.52. The van der Waals surface area contributed by atoms with Gasteiger partial charge in [0, 0.05) is 84.9 Å². The molecule has 5 aromatic rings. The summed E-state index contributed by atoms with van der Waals surface area (Å²) in [5, 5.41) is 17.4. The van der Waals surface area contributed by atoms with E-state index >= 15 is 0 Å². The maximum absolute atomic E-state index is 13.6. The van der Waals surface area contributed by atoms with Gasteiger partial charge in [-0.05, 0) is 12.1 Å². The van der Waals surface area contributed by atoms with Crippen molar-refractivity contribution in [3.05, 3.63) is 59.7 Å². The Labute approximate surface area is 270 Å². The number of carbonyl (C=O) groups is 3. The number of morpholine rings is 1. The van der Waals surface area contributed by atoms with Gasteiger partial charge < -0.3 is 28.6 Å². The number of aliphatic hydroxyl groups excluding tert-OH is 1. The molecule has 3 aromatic carbocycles. The van der Waals surface area contributed by atoms with Crippen LogP contribution in [0.25, 0.3) is 43.6 Å². The first-order valence-corrected chi connectivity index (χ1v) is 16.5. The van der Waals surface area contributed by atoms with E-state index in [1.54, 1.807) is 4.90 Å². The summed E-state index contributed by atoms with van der Waals surface area (Å²) in [6.07, 6.45) is -2.31. The van der Waals surface area contributed by atoms with Crippen LogP contribution in [0.1, 0.15) is 20.7 Å². The van der Waals surface area contributed by atoms with E-state index < -0.39 is 30.1 Å². The number of hydrogen-bond acceptors (Lipinski definition) is 8. The topological polar surface area (TPSA) is 122 Å². The van der Waals surface area contributed by atoms with Crippen LogP contribution in [0.3, 0.4) is 0 Å². The SMILES string of the molecule is O=C1NC(=O)c2c1c1c3ccccc3n3c1c1c2c2ccccc2n1CC(OC(=O)N1CCN(CCN2CCOCC2)CC1)C(O)C3. The van der Waals surface area contributed by atoms with Crippen LogP contribution in [-0.2, 0) is 22.6 Å². The number of fused-ring (bicyclic) bond motifs is 9. The monoisotopic (exact) mass is 636 g/mol. The molecule has 2 aromatic heterocycles. The van der Waals surface area contributed by atoms with Crippen molar-refractivity contribution in [2.24, 2.45) is 0 Å². The summed E-state index contributed by atoms with van der Waals surface area (Å²) in [5.41, 5.74) is 4.00. The molecule has 2 N–H and O–H groups in total. The van der Waals surface area contributed by atoms with Gasteiger partial charge in [0.2, 0.25) is 0 Å². The second-order valence-electron chi connectivity index (χ2n) is 13.0. The molecule has 4 aliphatic rings. The number of nitrogens with one attached hydrogen (secondary N) is 1. The van der Waals surface area contributed by atoms with E-state index in [4.69, 9.17) is 9.47 Å². The Morgan fingerprint density at radius 2 is 1.30 bits per heavy atom. The number of benzene rings is 3. The predicted octanol–water partition coefficient (Wildman–Crippen LogP) is 2.62. The van der Waals surface area contributed by atoms with Gasteiger partial charge >= 0.3 is 6.09 Å². The summed E-state index contributed by atoms with van der Waals surface area (Å²) in [7, 11) is 0. The third-order valence-electron chi connectivity index (χ3n) is 10.5. The molecule has 2 fully saturated rings. The normalized spacial score (nSPS) is 22.4. The molecule has 9 rings (SSSR count). The highest BCUT2D eigenvalue weighted by molar-refractivity contribution is 6.39. The number of amides is 3. The number of ether oxygens (including phenoxy) is 2. The summed E-state index contributed by atoms with van der Waals surface area (Å²) in [4.78, 5) is 46.9. The lowest BCUT2D eigenvalue weighted by molar-refractivity contribution is -0.0295. The minimum Gasteiger partial charge on any atom is -0.441 e. The Kier molecular flexibility index (Phi) is 6.75. The lowest BCUT2D eigenvalue weighted by atomic mass is 9.96. The second kappa shape index (κ2) is 11.1. The van der Waals surface area contributed by atoms with Crippen LogP contribution >= 0.6 is 0 Å². The van der Waals surface area contributed by atoms with Crippen LogP contribution in [0.4, 0.5) is 4.79 Å². The average molecular weight is 637 g/mol. The quantitative estimate of drug-likeness (QED) is 0.289. The van der Waals surface area contributed by atoms with Crippen molar-refractivity contribution in [1.82, 2.24) is 29.2 Å². The molecule has 12 heteroatoms. The molecular formula is C35H36N6O6. The van der Waals surface area contributed by atoms with E-state index in [1.807, 2.05) is 53.1 Å². The van der Waals surface area contributed by atoms with Crippen molar-refractivity contribution in [2.45, 2.75) is 25.3 Å². The minimum absolute atomic E-state index is 0.155. The number of nitrogens with zero attached hydrogens (tertiary/aromatic N) is 5. The minimum atomic E-state index is -1.03. The zero-order valence-electron chi connectivity index (χ0n) is 26.0. The summed E-state index contributed by atoms with van der Waals surface area (Å²) >= 11 is 0. The van der Waals surface area contributed by atoms with E-state index in [9.17, 15) is 19.5 Å². The van der Waals surface area contributed by atoms with Gasteiger partial charge in [-0.2, -0.15) is 0 Å². The van der Waals surface area contributed by atoms with Gasteiger partial charge in [0.25, 0.3) is 11.8 Å². The van der Waals surface area contributed by atoms with Crippen molar-refractivity contribution in [1.29, 1.82) is 0 Å². The molecule has 3 amide bonds. The van der Waals surface area contributed by atoms with Crippen LogP contribution in [0.2, 0.25) is 0 Å². The average Bonchev–Trinajstić information content (AvgIpc) is 3.69. The van der Waals surface area contributed by atoms with Crippen molar-refractivity contribution in [3.63, 3.8) is 0 Å². The Morgan fingerprint density at radius 1 is 0.766 bits per heavy atom. The van der Waals surface area contributed by atoms with Gasteiger partial charge in [-0.15, -0.1) is 0 Å². The molecule has 47 heavy (non-hydrogen) atoms. The number of aromatic nitrogens is 2. The van der Waals surface area contributed by atoms with E-state index in [1.165, 1.54) is 0 Å². The van der Waals surface area contributed by atoms with E-state index in [0.717, 1.165) is 85.3 Å². The zero-order valence-corrected chi connectivity index (χ0v) is 26.0. The Bertz CT molecular complexity index is 2100. The third kappa shape index (κ3) is 4.46. The maximum atomic E-state index is 13.6. The molecular weight excluding hydrogens is 600 g/mol. The highest BCUT2D eigenvalue weighted by Crippen LogP contribution is 2.45. The molecule has 4 aliphatic heterocycles. The van der Waals surface area contributed by atoms with Crippen LogP contribution in [0, 0.1) is 0 Å². The Balaban J connectivity index is 1.08. The van der Waals surface area contributed by atoms with E-state index in [0.29, 0.717) is 35.0 Å². The highest BCUT2D eigenvalue weighted by Gasteiger charge is 2.39. The first-order chi connectivity index (χ1) is 23.0. The molecule has 0 bridgehead atoms. The summed E-state index contributed by atoms with van der Waals surface area (Å²) in [6, 6.07) is 15.5. The van der Waals surface area contributed by atoms with E-state index in [-0.39, 0.29) is 13.1 Å². The highest BCUT2D eigenvalue weighted by atomic mass is 16.6. The first kappa shape index (κ1) is 28.7. The molecule has 2 saturated heterocycles. The number of piperazine rings is 1. The molecule has 0 aliphatic carbocycles. The summed E-state index contributed by atoms with van der Waals surface area (Å²) in [6.45, 7) is 8.43. The standard InChI is InChI=1S/C35H36N6O6/c42-25-19-40-23-7-3-1-5-21(23)27-29-30(34(44)36-33(29)43)28-22-6-2-4-8-24(22)41(32(28)31(27)40)20-26(25)47-35(45)39-13-11-37(12-14-39)9-10-38-15-17-46-18-16-38/h1-8,25-26,42H,9-20H2,(H,36,43,44). The molecule has 0 saturated carbocycles. The molecule has 6 heterocycles. The third-order valence-corrected chi connectivity index (χ3v) is 10.5. The van der Waals surface area contributed by atoms with Gasteiger partial charge in [0.05, 0.1) is 48.5 Å². The molecule has 0 radical (unpaired) electrons. The summed E-state index contributed by atoms with van der Waals surface area (Å²) < 4.78 is 15.7. The van der Waals surface area contributed by atoms with Gasteiger partial charge in [0.15, 0.2) is 0 Å². The van der Waals surface area contributed by atoms with Crippen molar-refractivity contribution in [2.75, 3.05) is 65.6 Å². The maximum Gasteiger partial charge on any atom is 0.410 e. The molecule has 242 valence electrons. The number of carbonyl (C=O) groups excluding carboxylic acids is 3. The van der Waals surface area contributed by atoms with Gasteiger partial charge in [-0.3, -0.25) is 24.7 Å². The number of para-hydroxylation sites is 2. The van der Waals surface area contributed by atoms with Crippen LogP contribution < -0.4 is 5.32 Å². The largest absolute Gasteiger partial charge is 0.441 e. The molecule has 2 atom stereocenters. The Morgan fingerprint density at radius 3 is 1.89 bits per heavy atom. The van der Waals surface area contributed by atoms with Crippen LogP contribution in [-0.4, -0.2) is 125 Å². The summed E-state index contributed by atoms with van der Waals surface area (Å²) in [5.74, 6) is -0.831. The van der Waals surface area contributed by atoms with Gasteiger partial charge in [-0.25, -0.2) is 4.79 Å². The van der Waals surface area contributed by atoms with Crippen molar-refractivity contribution >= 4 is 61.5 Å². The first-order valence-electron chi connectivity index (χ1n) is 16.5. The Hall–Kier alpha value is -4.49. The molecule has 2 unspecified atom stereocenters.